The van der Waals surface area contributed by atoms with Crippen molar-refractivity contribution in [2.24, 2.45) is 0 Å². The quantitative estimate of drug-likeness (QED) is 0.492. The molecule has 1 aliphatic rings. The molecule has 0 radical (unpaired) electrons. The number of esters is 1. The first-order valence-corrected chi connectivity index (χ1v) is 4.32. The molecule has 0 saturated carbocycles. The van der Waals surface area contributed by atoms with Crippen LogP contribution >= 0.6 is 0 Å². The molecule has 1 saturated heterocycles. The van der Waals surface area contributed by atoms with Gasteiger partial charge in [0.1, 0.15) is 0 Å². The van der Waals surface area contributed by atoms with Crippen molar-refractivity contribution >= 4 is 5.97 Å². The average Bonchev–Trinajstić information content (AvgIpc) is 2.16. The van der Waals surface area contributed by atoms with E-state index in [1.807, 2.05) is 6.08 Å². The van der Waals surface area contributed by atoms with E-state index in [4.69, 9.17) is 0 Å². The highest BCUT2D eigenvalue weighted by Crippen LogP contribution is 2.07. The Kier molecular flexibility index (Phi) is 3.80. The maximum Gasteiger partial charge on any atom is 0.330 e. The first-order valence-electron chi connectivity index (χ1n) is 4.32. The van der Waals surface area contributed by atoms with Gasteiger partial charge in [0.15, 0.2) is 0 Å². The molecule has 68 valence electrons. The first-order chi connectivity index (χ1) is 5.83. The van der Waals surface area contributed by atoms with Crippen LogP contribution in [0.2, 0.25) is 0 Å². The van der Waals surface area contributed by atoms with E-state index < -0.39 is 0 Å². The Bertz CT molecular complexity index is 171. The highest BCUT2D eigenvalue weighted by Gasteiger charge is 2.08. The molecule has 1 rings (SSSR count). The number of hydrogen-bond donors (Lipinski definition) is 1. The molecule has 3 heteroatoms. The third-order valence-electron chi connectivity index (χ3n) is 2.01. The summed E-state index contributed by atoms with van der Waals surface area (Å²) in [6.07, 6.45) is 6.97. The van der Waals surface area contributed by atoms with Gasteiger partial charge in [-0.15, -0.1) is 0 Å². The zero-order chi connectivity index (χ0) is 8.81. The molecule has 1 aliphatic heterocycles. The largest absolute Gasteiger partial charge is 0.466 e. The monoisotopic (exact) mass is 169 g/mol. The van der Waals surface area contributed by atoms with Crippen molar-refractivity contribution in [1.29, 1.82) is 0 Å². The van der Waals surface area contributed by atoms with Crippen LogP contribution < -0.4 is 5.32 Å². The van der Waals surface area contributed by atoms with Gasteiger partial charge in [0.25, 0.3) is 0 Å². The lowest BCUT2D eigenvalue weighted by atomic mass is 10.0. The Morgan fingerprint density at radius 2 is 2.42 bits per heavy atom. The molecule has 1 fully saturated rings. The minimum atomic E-state index is -0.276. The molecule has 0 aromatic heterocycles. The number of ether oxygens (including phenoxy) is 1. The number of nitrogens with one attached hydrogen (secondary N) is 1. The minimum Gasteiger partial charge on any atom is -0.466 e. The van der Waals surface area contributed by atoms with Crippen molar-refractivity contribution in [3.63, 3.8) is 0 Å². The van der Waals surface area contributed by atoms with Crippen molar-refractivity contribution < 1.29 is 9.53 Å². The van der Waals surface area contributed by atoms with Crippen molar-refractivity contribution in [2.45, 2.75) is 25.3 Å². The molecule has 3 nitrogen and oxygen atoms in total. The highest BCUT2D eigenvalue weighted by molar-refractivity contribution is 5.81. The van der Waals surface area contributed by atoms with Crippen LogP contribution in [0, 0.1) is 0 Å². The van der Waals surface area contributed by atoms with Gasteiger partial charge in [0.2, 0.25) is 0 Å². The van der Waals surface area contributed by atoms with E-state index in [1.54, 1.807) is 0 Å². The zero-order valence-corrected chi connectivity index (χ0v) is 7.38. The lowest BCUT2D eigenvalue weighted by molar-refractivity contribution is -0.134. The normalized spacial score (nSPS) is 24.2. The summed E-state index contributed by atoms with van der Waals surface area (Å²) in [4.78, 5) is 10.7. The molecule has 0 bridgehead atoms. The molecule has 1 heterocycles. The van der Waals surface area contributed by atoms with E-state index in [9.17, 15) is 4.79 Å². The van der Waals surface area contributed by atoms with Gasteiger partial charge in [-0.25, -0.2) is 4.79 Å². The third kappa shape index (κ3) is 3.05. The molecular formula is C9H15NO2. The zero-order valence-electron chi connectivity index (χ0n) is 7.38. The summed E-state index contributed by atoms with van der Waals surface area (Å²) in [7, 11) is 1.39. The summed E-state index contributed by atoms with van der Waals surface area (Å²) in [5.41, 5.74) is 0. The predicted octanol–water partition coefficient (Wildman–Crippen LogP) is 0.858. The van der Waals surface area contributed by atoms with Crippen LogP contribution in [0.4, 0.5) is 0 Å². The minimum absolute atomic E-state index is 0.276. The summed E-state index contributed by atoms with van der Waals surface area (Å²) < 4.78 is 4.49. The number of carbonyl (C=O) groups excluding carboxylic acids is 1. The highest BCUT2D eigenvalue weighted by atomic mass is 16.5. The maximum atomic E-state index is 10.7. The van der Waals surface area contributed by atoms with Crippen molar-refractivity contribution in [1.82, 2.24) is 5.32 Å². The predicted molar refractivity (Wildman–Crippen MR) is 46.8 cm³/mol. The molecule has 0 aromatic carbocycles. The fourth-order valence-electron chi connectivity index (χ4n) is 1.31. The fraction of sp³-hybridized carbons (Fsp3) is 0.667. The molecule has 1 N–H and O–H groups in total. The molecule has 0 aliphatic carbocycles. The van der Waals surface area contributed by atoms with E-state index in [-0.39, 0.29) is 5.97 Å². The topological polar surface area (TPSA) is 38.3 Å². The van der Waals surface area contributed by atoms with Crippen LogP contribution in [0.15, 0.2) is 12.2 Å². The van der Waals surface area contributed by atoms with Gasteiger partial charge in [0.05, 0.1) is 7.11 Å². The van der Waals surface area contributed by atoms with Gasteiger partial charge in [-0.2, -0.15) is 0 Å². The molecule has 0 aromatic rings. The lowest BCUT2D eigenvalue weighted by Crippen LogP contribution is -2.32. The SMILES string of the molecule is COC(=O)/C=C/C1CCCCN1. The van der Waals surface area contributed by atoms with E-state index in [0.717, 1.165) is 13.0 Å². The smallest absolute Gasteiger partial charge is 0.330 e. The van der Waals surface area contributed by atoms with Crippen LogP contribution in [0.3, 0.4) is 0 Å². The summed E-state index contributed by atoms with van der Waals surface area (Å²) in [5, 5.41) is 3.30. The number of carbonyl (C=O) groups is 1. The van der Waals surface area contributed by atoms with E-state index in [0.29, 0.717) is 6.04 Å². The number of methoxy groups -OCH3 is 1. The van der Waals surface area contributed by atoms with E-state index in [1.165, 1.54) is 26.0 Å². The molecule has 12 heavy (non-hydrogen) atoms. The summed E-state index contributed by atoms with van der Waals surface area (Å²) >= 11 is 0. The second-order valence-electron chi connectivity index (χ2n) is 2.94. The van der Waals surface area contributed by atoms with Crippen LogP contribution in [0.5, 0.6) is 0 Å². The molecule has 1 unspecified atom stereocenters. The van der Waals surface area contributed by atoms with Crippen LogP contribution in [0.25, 0.3) is 0 Å². The van der Waals surface area contributed by atoms with Crippen molar-refractivity contribution in [2.75, 3.05) is 13.7 Å². The Labute approximate surface area is 72.8 Å². The first kappa shape index (κ1) is 9.26. The fourth-order valence-corrected chi connectivity index (χ4v) is 1.31. The number of piperidine rings is 1. The molecule has 0 amide bonds. The molecule has 1 atom stereocenters. The van der Waals surface area contributed by atoms with Crippen LogP contribution in [0.1, 0.15) is 19.3 Å². The molecule has 0 spiro atoms. The summed E-state index contributed by atoms with van der Waals surface area (Å²) in [6, 6.07) is 0.359. The van der Waals surface area contributed by atoms with Gasteiger partial charge >= 0.3 is 5.97 Å². The van der Waals surface area contributed by atoms with Gasteiger partial charge in [-0.05, 0) is 19.4 Å². The van der Waals surface area contributed by atoms with Crippen LogP contribution in [-0.4, -0.2) is 25.7 Å². The third-order valence-corrected chi connectivity index (χ3v) is 2.01. The Morgan fingerprint density at radius 3 is 3.00 bits per heavy atom. The summed E-state index contributed by atoms with van der Waals surface area (Å²) in [6.45, 7) is 1.05. The summed E-state index contributed by atoms with van der Waals surface area (Å²) in [5.74, 6) is -0.276. The van der Waals surface area contributed by atoms with Gasteiger partial charge < -0.3 is 10.1 Å². The van der Waals surface area contributed by atoms with Crippen LogP contribution in [-0.2, 0) is 9.53 Å². The Morgan fingerprint density at radius 1 is 1.58 bits per heavy atom. The number of rotatable bonds is 2. The van der Waals surface area contributed by atoms with E-state index >= 15 is 0 Å². The van der Waals surface area contributed by atoms with Gasteiger partial charge in [-0.3, -0.25) is 0 Å². The van der Waals surface area contributed by atoms with Gasteiger partial charge in [0, 0.05) is 12.1 Å². The van der Waals surface area contributed by atoms with E-state index in [2.05, 4.69) is 10.1 Å². The number of hydrogen-bond acceptors (Lipinski definition) is 3. The second kappa shape index (κ2) is 4.93. The van der Waals surface area contributed by atoms with Crippen molar-refractivity contribution in [3.05, 3.63) is 12.2 Å². The second-order valence-corrected chi connectivity index (χ2v) is 2.94. The Balaban J connectivity index is 2.28. The Hall–Kier alpha value is -0.830. The van der Waals surface area contributed by atoms with Crippen molar-refractivity contribution in [3.8, 4) is 0 Å². The standard InChI is InChI=1S/C9H15NO2/c1-12-9(11)6-5-8-4-2-3-7-10-8/h5-6,8,10H,2-4,7H2,1H3/b6-5+. The molecular weight excluding hydrogens is 154 g/mol. The lowest BCUT2D eigenvalue weighted by Gasteiger charge is -2.19. The average molecular weight is 169 g/mol. The maximum absolute atomic E-state index is 10.7. The van der Waals surface area contributed by atoms with Gasteiger partial charge in [-0.1, -0.05) is 12.5 Å².